The molecule has 212 valence electrons. The fourth-order valence-electron chi connectivity index (χ4n) is 5.04. The number of carbonyl (C=O) groups is 1. The molecule has 5 rings (SSSR count). The normalized spacial score (nSPS) is 13.6. The van der Waals surface area contributed by atoms with Crippen LogP contribution < -0.4 is 9.47 Å². The third-order valence-electron chi connectivity index (χ3n) is 7.58. The average molecular weight is 555 g/mol. The Morgan fingerprint density at radius 2 is 1.73 bits per heavy atom. The maximum Gasteiger partial charge on any atom is 0.306 e. The molecule has 1 fully saturated rings. The van der Waals surface area contributed by atoms with E-state index in [9.17, 15) is 4.79 Å². The molecule has 3 aromatic carbocycles. The van der Waals surface area contributed by atoms with Crippen molar-refractivity contribution in [3.05, 3.63) is 95.6 Å². The van der Waals surface area contributed by atoms with Crippen LogP contribution in [-0.4, -0.2) is 30.2 Å². The second-order valence-electron chi connectivity index (χ2n) is 10.8. The molecule has 1 saturated carbocycles. The molecule has 1 aliphatic carbocycles. The lowest BCUT2D eigenvalue weighted by atomic mass is 9.91. The van der Waals surface area contributed by atoms with E-state index in [1.807, 2.05) is 36.4 Å². The second-order valence-corrected chi connectivity index (χ2v) is 10.8. The highest BCUT2D eigenvalue weighted by atomic mass is 19.1. The van der Waals surface area contributed by atoms with Crippen LogP contribution >= 0.6 is 0 Å². The van der Waals surface area contributed by atoms with E-state index in [0.717, 1.165) is 24.0 Å². The third kappa shape index (κ3) is 6.73. The predicted octanol–water partition coefficient (Wildman–Crippen LogP) is 7.72. The first-order chi connectivity index (χ1) is 19.9. The zero-order valence-electron chi connectivity index (χ0n) is 23.9. The quantitative estimate of drug-likeness (QED) is 0.177. The first-order valence-corrected chi connectivity index (χ1v) is 14.0. The number of halogens is 1. The Morgan fingerprint density at radius 1 is 0.951 bits per heavy atom. The molecule has 1 atom stereocenters. The van der Waals surface area contributed by atoms with Crippen LogP contribution in [0.3, 0.4) is 0 Å². The molecule has 0 amide bonds. The van der Waals surface area contributed by atoms with Crippen LogP contribution in [0.2, 0.25) is 0 Å². The molecular formula is C34H35FN2O4. The minimum absolute atomic E-state index is 0.114. The molecule has 0 N–H and O–H groups in total. The fraction of sp³-hybridized carbons (Fsp3) is 0.324. The molecule has 4 aromatic rings. The second kappa shape index (κ2) is 12.5. The molecule has 0 aliphatic heterocycles. The summed E-state index contributed by atoms with van der Waals surface area (Å²) >= 11 is 0. The molecule has 0 bridgehead atoms. The molecule has 0 spiro atoms. The van der Waals surface area contributed by atoms with Crippen molar-refractivity contribution in [1.29, 1.82) is 0 Å². The molecule has 41 heavy (non-hydrogen) atoms. The molecule has 1 heterocycles. The molecule has 0 saturated heterocycles. The third-order valence-corrected chi connectivity index (χ3v) is 7.58. The van der Waals surface area contributed by atoms with Gasteiger partial charge in [-0.2, -0.15) is 0 Å². The Kier molecular flexibility index (Phi) is 8.62. The van der Waals surface area contributed by atoms with Crippen LogP contribution in [-0.2, 0) is 16.1 Å². The smallest absolute Gasteiger partial charge is 0.306 e. The summed E-state index contributed by atoms with van der Waals surface area (Å²) < 4.78 is 31.4. The summed E-state index contributed by atoms with van der Waals surface area (Å²) in [5, 5.41) is 0. The number of aromatic nitrogens is 2. The van der Waals surface area contributed by atoms with Gasteiger partial charge in [0, 0.05) is 11.1 Å². The van der Waals surface area contributed by atoms with Crippen LogP contribution in [0.1, 0.15) is 61.8 Å². The number of ether oxygens (including phenoxy) is 3. The SMILES string of the molecule is COC(=O)CC(c1cccc(OCc2cnc(-c3cc(OC)ccc3F)c(-c3ccc(C(C)C)cc3)n2)c1)C1CC1. The summed E-state index contributed by atoms with van der Waals surface area (Å²) in [6, 6.07) is 20.6. The van der Waals surface area contributed by atoms with Gasteiger partial charge in [-0.05, 0) is 72.1 Å². The Balaban J connectivity index is 1.44. The molecule has 1 unspecified atom stereocenters. The zero-order valence-corrected chi connectivity index (χ0v) is 23.9. The van der Waals surface area contributed by atoms with Crippen LogP contribution in [0.25, 0.3) is 22.5 Å². The average Bonchev–Trinajstić information content (AvgIpc) is 3.84. The zero-order chi connectivity index (χ0) is 28.9. The van der Waals surface area contributed by atoms with E-state index >= 15 is 4.39 Å². The van der Waals surface area contributed by atoms with Crippen LogP contribution in [0.5, 0.6) is 11.5 Å². The first kappa shape index (κ1) is 28.3. The molecule has 6 nitrogen and oxygen atoms in total. The van der Waals surface area contributed by atoms with Gasteiger partial charge in [-0.1, -0.05) is 50.2 Å². The van der Waals surface area contributed by atoms with Crippen molar-refractivity contribution < 1.29 is 23.4 Å². The van der Waals surface area contributed by atoms with Crippen molar-refractivity contribution in [3.63, 3.8) is 0 Å². The van der Waals surface area contributed by atoms with Gasteiger partial charge in [0.15, 0.2) is 0 Å². The van der Waals surface area contributed by atoms with Gasteiger partial charge >= 0.3 is 5.97 Å². The van der Waals surface area contributed by atoms with Gasteiger partial charge in [0.1, 0.15) is 23.9 Å². The molecule has 7 heteroatoms. The lowest BCUT2D eigenvalue weighted by Gasteiger charge is -2.17. The van der Waals surface area contributed by atoms with Gasteiger partial charge in [-0.25, -0.2) is 9.37 Å². The summed E-state index contributed by atoms with van der Waals surface area (Å²) in [7, 11) is 2.97. The van der Waals surface area contributed by atoms with E-state index < -0.39 is 5.82 Å². The Bertz CT molecular complexity index is 1520. The van der Waals surface area contributed by atoms with Gasteiger partial charge in [-0.15, -0.1) is 0 Å². The lowest BCUT2D eigenvalue weighted by molar-refractivity contribution is -0.141. The number of methoxy groups -OCH3 is 2. The minimum Gasteiger partial charge on any atom is -0.497 e. The Hall–Kier alpha value is -4.26. The van der Waals surface area contributed by atoms with E-state index in [1.165, 1.54) is 18.7 Å². The molecule has 0 radical (unpaired) electrons. The fourth-order valence-corrected chi connectivity index (χ4v) is 5.04. The summed E-state index contributed by atoms with van der Waals surface area (Å²) in [4.78, 5) is 21.6. The minimum atomic E-state index is -0.405. The van der Waals surface area contributed by atoms with Gasteiger partial charge in [0.05, 0.1) is 43.9 Å². The van der Waals surface area contributed by atoms with Gasteiger partial charge < -0.3 is 14.2 Å². The summed E-state index contributed by atoms with van der Waals surface area (Å²) in [5.74, 6) is 1.60. The van der Waals surface area contributed by atoms with Crippen molar-refractivity contribution in [2.75, 3.05) is 14.2 Å². The standard InChI is InChI=1S/C34H35FN2O4/c1-21(2)22-8-12-24(13-9-22)33-34(30-17-27(39-3)14-15-31(30)35)36-19-26(37-33)20-41-28-7-5-6-25(16-28)29(23-10-11-23)18-32(38)40-4/h5-9,12-17,19,21,23,29H,10-11,18,20H2,1-4H3. The molecule has 1 aromatic heterocycles. The number of nitrogens with zero attached hydrogens (tertiary/aromatic N) is 2. The van der Waals surface area contributed by atoms with Crippen molar-refractivity contribution in [2.45, 2.75) is 51.6 Å². The maximum absolute atomic E-state index is 15.0. The highest BCUT2D eigenvalue weighted by Crippen LogP contribution is 2.45. The highest BCUT2D eigenvalue weighted by Gasteiger charge is 2.34. The number of benzene rings is 3. The topological polar surface area (TPSA) is 70.5 Å². The predicted molar refractivity (Wildman–Crippen MR) is 156 cm³/mol. The van der Waals surface area contributed by atoms with Gasteiger partial charge in [0.25, 0.3) is 0 Å². The lowest BCUT2D eigenvalue weighted by Crippen LogP contribution is -2.10. The maximum atomic E-state index is 15.0. The first-order valence-electron chi connectivity index (χ1n) is 14.0. The van der Waals surface area contributed by atoms with Crippen molar-refractivity contribution in [2.24, 2.45) is 5.92 Å². The number of carbonyl (C=O) groups excluding carboxylic acids is 1. The highest BCUT2D eigenvalue weighted by molar-refractivity contribution is 5.79. The number of rotatable bonds is 11. The number of esters is 1. The van der Waals surface area contributed by atoms with E-state index in [0.29, 0.717) is 52.4 Å². The van der Waals surface area contributed by atoms with E-state index in [-0.39, 0.29) is 18.5 Å². The van der Waals surface area contributed by atoms with Gasteiger partial charge in [0.2, 0.25) is 0 Å². The summed E-state index contributed by atoms with van der Waals surface area (Å²) in [6.07, 6.45) is 4.21. The summed E-state index contributed by atoms with van der Waals surface area (Å²) in [6.45, 7) is 4.46. The van der Waals surface area contributed by atoms with Gasteiger partial charge in [-0.3, -0.25) is 9.78 Å². The van der Waals surface area contributed by atoms with Crippen LogP contribution in [0.4, 0.5) is 4.39 Å². The number of hydrogen-bond acceptors (Lipinski definition) is 6. The van der Waals surface area contributed by atoms with Crippen molar-refractivity contribution in [3.8, 4) is 34.0 Å². The molecular weight excluding hydrogens is 519 g/mol. The van der Waals surface area contributed by atoms with E-state index in [1.54, 1.807) is 25.4 Å². The largest absolute Gasteiger partial charge is 0.497 e. The summed E-state index contributed by atoms with van der Waals surface area (Å²) in [5.41, 5.74) is 5.02. The number of hydrogen-bond donors (Lipinski definition) is 0. The van der Waals surface area contributed by atoms with Crippen molar-refractivity contribution >= 4 is 5.97 Å². The van der Waals surface area contributed by atoms with E-state index in [2.05, 4.69) is 31.0 Å². The van der Waals surface area contributed by atoms with Crippen LogP contribution in [0, 0.1) is 11.7 Å². The Morgan fingerprint density at radius 3 is 2.41 bits per heavy atom. The molecule has 1 aliphatic rings. The monoisotopic (exact) mass is 554 g/mol. The Labute approximate surface area is 240 Å². The van der Waals surface area contributed by atoms with E-state index in [4.69, 9.17) is 19.2 Å². The van der Waals surface area contributed by atoms with Crippen LogP contribution in [0.15, 0.2) is 72.9 Å². The van der Waals surface area contributed by atoms with Crippen molar-refractivity contribution in [1.82, 2.24) is 9.97 Å².